The highest BCUT2D eigenvalue weighted by Gasteiger charge is 2.29. The van der Waals surface area contributed by atoms with E-state index in [0.717, 1.165) is 29.7 Å². The molecule has 0 aromatic heterocycles. The molecule has 0 saturated carbocycles. The van der Waals surface area contributed by atoms with Gasteiger partial charge in [-0.25, -0.2) is 8.42 Å². The summed E-state index contributed by atoms with van der Waals surface area (Å²) in [6, 6.07) is 12.5. The van der Waals surface area contributed by atoms with Gasteiger partial charge in [-0.05, 0) is 61.7 Å². The van der Waals surface area contributed by atoms with Crippen LogP contribution in [0.2, 0.25) is 5.02 Å². The molecule has 26 heavy (non-hydrogen) atoms. The summed E-state index contributed by atoms with van der Waals surface area (Å²) in [7, 11) is -3.64. The minimum Gasteiger partial charge on any atom is -0.207 e. The SMILES string of the molecule is Cc1cc(Cl)cc(Sc2ccc(C#N)cc2S(=O)(=O)N2CCCCC2)c1. The van der Waals surface area contributed by atoms with Crippen LogP contribution in [0.4, 0.5) is 0 Å². The maximum atomic E-state index is 13.2. The zero-order chi connectivity index (χ0) is 18.7. The molecule has 1 aliphatic rings. The second-order valence-corrected chi connectivity index (χ2v) is 9.76. The summed E-state index contributed by atoms with van der Waals surface area (Å²) >= 11 is 7.49. The Morgan fingerprint density at radius 1 is 1.12 bits per heavy atom. The fourth-order valence-corrected chi connectivity index (χ4v) is 6.39. The first-order valence-electron chi connectivity index (χ1n) is 8.39. The smallest absolute Gasteiger partial charge is 0.207 e. The van der Waals surface area contributed by atoms with E-state index < -0.39 is 10.0 Å². The Morgan fingerprint density at radius 3 is 2.50 bits per heavy atom. The van der Waals surface area contributed by atoms with Gasteiger partial charge in [-0.3, -0.25) is 0 Å². The molecular formula is C19H19ClN2O2S2. The molecule has 1 heterocycles. The third-order valence-corrected chi connectivity index (χ3v) is 7.58. The van der Waals surface area contributed by atoms with Crippen molar-refractivity contribution in [3.05, 3.63) is 52.5 Å². The average molecular weight is 407 g/mol. The molecule has 0 N–H and O–H groups in total. The van der Waals surface area contributed by atoms with Gasteiger partial charge in [0.25, 0.3) is 0 Å². The largest absolute Gasteiger partial charge is 0.244 e. The van der Waals surface area contributed by atoms with Crippen LogP contribution in [0, 0.1) is 18.3 Å². The van der Waals surface area contributed by atoms with Crippen molar-refractivity contribution in [2.75, 3.05) is 13.1 Å². The molecule has 1 saturated heterocycles. The lowest BCUT2D eigenvalue weighted by Crippen LogP contribution is -2.35. The maximum Gasteiger partial charge on any atom is 0.244 e. The van der Waals surface area contributed by atoms with Gasteiger partial charge >= 0.3 is 0 Å². The first-order valence-corrected chi connectivity index (χ1v) is 11.0. The number of sulfonamides is 1. The Morgan fingerprint density at radius 2 is 1.85 bits per heavy atom. The lowest BCUT2D eigenvalue weighted by molar-refractivity contribution is 0.346. The topological polar surface area (TPSA) is 61.2 Å². The normalized spacial score (nSPS) is 15.6. The number of benzene rings is 2. The molecule has 7 heteroatoms. The number of nitrogens with zero attached hydrogens (tertiary/aromatic N) is 2. The van der Waals surface area contributed by atoms with E-state index in [0.29, 0.717) is 28.6 Å². The van der Waals surface area contributed by atoms with E-state index in [9.17, 15) is 13.7 Å². The lowest BCUT2D eigenvalue weighted by atomic mass is 10.2. The van der Waals surface area contributed by atoms with Crippen molar-refractivity contribution in [1.82, 2.24) is 4.31 Å². The van der Waals surface area contributed by atoms with Crippen LogP contribution in [0.3, 0.4) is 0 Å². The van der Waals surface area contributed by atoms with Crippen LogP contribution in [0.25, 0.3) is 0 Å². The summed E-state index contributed by atoms with van der Waals surface area (Å²) in [4.78, 5) is 1.67. The van der Waals surface area contributed by atoms with Crippen LogP contribution >= 0.6 is 23.4 Å². The molecular weight excluding hydrogens is 388 g/mol. The number of halogens is 1. The zero-order valence-electron chi connectivity index (χ0n) is 14.4. The summed E-state index contributed by atoms with van der Waals surface area (Å²) < 4.78 is 27.9. The summed E-state index contributed by atoms with van der Waals surface area (Å²) in [6.07, 6.45) is 2.79. The Labute approximate surface area is 163 Å². The van der Waals surface area contributed by atoms with E-state index in [4.69, 9.17) is 11.6 Å². The molecule has 0 amide bonds. The molecule has 2 aromatic carbocycles. The van der Waals surface area contributed by atoms with E-state index in [1.165, 1.54) is 22.1 Å². The molecule has 0 bridgehead atoms. The minimum absolute atomic E-state index is 0.195. The molecule has 0 spiro atoms. The average Bonchev–Trinajstić information content (AvgIpc) is 2.62. The fourth-order valence-electron chi connectivity index (χ4n) is 3.00. The standard InChI is InChI=1S/C19H19ClN2O2S2/c1-14-9-16(20)12-17(10-14)25-18-6-5-15(13-21)11-19(18)26(23,24)22-7-3-2-4-8-22/h5-6,9-12H,2-4,7-8H2,1H3. The molecule has 0 radical (unpaired) electrons. The summed E-state index contributed by atoms with van der Waals surface area (Å²) in [5, 5.41) is 9.82. The summed E-state index contributed by atoms with van der Waals surface area (Å²) in [5.41, 5.74) is 1.35. The number of hydrogen-bond acceptors (Lipinski definition) is 4. The number of hydrogen-bond donors (Lipinski definition) is 0. The maximum absolute atomic E-state index is 13.2. The van der Waals surface area contributed by atoms with E-state index in [-0.39, 0.29) is 4.90 Å². The molecule has 3 rings (SSSR count). The summed E-state index contributed by atoms with van der Waals surface area (Å²) in [5.74, 6) is 0. The van der Waals surface area contributed by atoms with Crippen molar-refractivity contribution in [1.29, 1.82) is 5.26 Å². The molecule has 4 nitrogen and oxygen atoms in total. The highest BCUT2D eigenvalue weighted by Crippen LogP contribution is 2.36. The van der Waals surface area contributed by atoms with Crippen LogP contribution in [0.5, 0.6) is 0 Å². The van der Waals surface area contributed by atoms with E-state index in [1.807, 2.05) is 31.2 Å². The zero-order valence-corrected chi connectivity index (χ0v) is 16.8. The van der Waals surface area contributed by atoms with E-state index in [1.54, 1.807) is 12.1 Å². The number of nitriles is 1. The molecule has 2 aromatic rings. The molecule has 1 fully saturated rings. The Balaban J connectivity index is 2.04. The van der Waals surface area contributed by atoms with Crippen LogP contribution in [0.1, 0.15) is 30.4 Å². The third-order valence-electron chi connectivity index (χ3n) is 4.25. The molecule has 1 aliphatic heterocycles. The van der Waals surface area contributed by atoms with Gasteiger partial charge in [-0.2, -0.15) is 9.57 Å². The number of rotatable bonds is 4. The minimum atomic E-state index is -3.64. The van der Waals surface area contributed by atoms with Crippen LogP contribution < -0.4 is 0 Å². The van der Waals surface area contributed by atoms with Crippen LogP contribution in [-0.4, -0.2) is 25.8 Å². The number of aryl methyl sites for hydroxylation is 1. The molecule has 136 valence electrons. The van der Waals surface area contributed by atoms with Gasteiger partial charge in [-0.1, -0.05) is 29.8 Å². The number of piperidine rings is 1. The predicted molar refractivity (Wildman–Crippen MR) is 104 cm³/mol. The van der Waals surface area contributed by atoms with Gasteiger partial charge in [0, 0.05) is 27.9 Å². The Kier molecular flexibility index (Phi) is 5.93. The van der Waals surface area contributed by atoms with Gasteiger partial charge < -0.3 is 0 Å². The molecule has 0 aliphatic carbocycles. The van der Waals surface area contributed by atoms with Gasteiger partial charge in [0.15, 0.2) is 0 Å². The van der Waals surface area contributed by atoms with Gasteiger partial charge in [0.1, 0.15) is 0 Å². The van der Waals surface area contributed by atoms with Crippen molar-refractivity contribution >= 4 is 33.4 Å². The van der Waals surface area contributed by atoms with Gasteiger partial charge in [-0.15, -0.1) is 0 Å². The monoisotopic (exact) mass is 406 g/mol. The third kappa shape index (κ3) is 4.24. The Hall–Kier alpha value is -1.52. The van der Waals surface area contributed by atoms with Crippen LogP contribution in [0.15, 0.2) is 51.1 Å². The van der Waals surface area contributed by atoms with Crippen molar-refractivity contribution < 1.29 is 8.42 Å². The van der Waals surface area contributed by atoms with Gasteiger partial charge in [0.05, 0.1) is 16.5 Å². The first kappa shape index (κ1) is 19.2. The molecule has 0 unspecified atom stereocenters. The fraction of sp³-hybridized carbons (Fsp3) is 0.316. The van der Waals surface area contributed by atoms with E-state index in [2.05, 4.69) is 0 Å². The second kappa shape index (κ2) is 8.01. The second-order valence-electron chi connectivity index (χ2n) is 6.30. The van der Waals surface area contributed by atoms with Crippen molar-refractivity contribution in [2.24, 2.45) is 0 Å². The Bertz CT molecular complexity index is 942. The van der Waals surface area contributed by atoms with Gasteiger partial charge in [0.2, 0.25) is 10.0 Å². The summed E-state index contributed by atoms with van der Waals surface area (Å²) in [6.45, 7) is 3.00. The van der Waals surface area contributed by atoms with E-state index >= 15 is 0 Å². The highest BCUT2D eigenvalue weighted by molar-refractivity contribution is 8.00. The first-order chi connectivity index (χ1) is 12.4. The van der Waals surface area contributed by atoms with Crippen molar-refractivity contribution in [3.8, 4) is 6.07 Å². The van der Waals surface area contributed by atoms with Crippen molar-refractivity contribution in [3.63, 3.8) is 0 Å². The lowest BCUT2D eigenvalue weighted by Gasteiger charge is -2.26. The predicted octanol–water partition coefficient (Wildman–Crippen LogP) is 4.85. The van der Waals surface area contributed by atoms with Crippen molar-refractivity contribution in [2.45, 2.75) is 40.9 Å². The quantitative estimate of drug-likeness (QED) is 0.728. The van der Waals surface area contributed by atoms with Crippen LogP contribution in [-0.2, 0) is 10.0 Å². The highest BCUT2D eigenvalue weighted by atomic mass is 35.5. The molecule has 0 atom stereocenters.